The molecule has 2 rings (SSSR count). The van der Waals surface area contributed by atoms with Crippen molar-refractivity contribution in [1.82, 2.24) is 0 Å². The fraction of sp³-hybridized carbons (Fsp3) is 1.00. The molecule has 0 amide bonds. The van der Waals surface area contributed by atoms with E-state index >= 15 is 0 Å². The summed E-state index contributed by atoms with van der Waals surface area (Å²) in [6, 6.07) is 0. The molecule has 2 saturated heterocycles. The van der Waals surface area contributed by atoms with E-state index in [9.17, 15) is 10.2 Å². The number of aliphatic hydroxyl groups is 2. The molecule has 246 valence electrons. The fourth-order valence-electron chi connectivity index (χ4n) is 5.62. The second-order valence-corrected chi connectivity index (χ2v) is 29.9. The molecule has 0 bridgehead atoms. The van der Waals surface area contributed by atoms with Crippen molar-refractivity contribution in [2.24, 2.45) is 5.92 Å². The fourth-order valence-corrected chi connectivity index (χ4v) is 24.5. The average molecular weight is 796 g/mol. The van der Waals surface area contributed by atoms with Crippen LogP contribution in [0.5, 0.6) is 0 Å². The number of unbranched alkanes of at least 4 members (excludes halogenated alkanes) is 6. The topological polar surface area (TPSA) is 58.9 Å². The number of aliphatic hydroxyl groups excluding tert-OH is 2. The molecule has 0 unspecified atom stereocenters. The van der Waals surface area contributed by atoms with E-state index in [0.29, 0.717) is 18.9 Å². The van der Waals surface area contributed by atoms with E-state index in [1.165, 1.54) is 77.0 Å². The molecule has 6 heteroatoms. The van der Waals surface area contributed by atoms with Gasteiger partial charge in [-0.3, -0.25) is 0 Å². The van der Waals surface area contributed by atoms with Crippen molar-refractivity contribution in [3.8, 4) is 0 Å². The van der Waals surface area contributed by atoms with Crippen LogP contribution < -0.4 is 0 Å². The molecule has 2 radical (unpaired) electrons. The summed E-state index contributed by atoms with van der Waals surface area (Å²) in [5.74, 6) is -0.00663. The Morgan fingerprint density at radius 3 is 1.20 bits per heavy atom. The Morgan fingerprint density at radius 1 is 0.561 bits per heavy atom. The van der Waals surface area contributed by atoms with Crippen LogP contribution in [0, 0.1) is 5.92 Å². The molecule has 1 spiro atoms. The number of hydrogen-bond acceptors (Lipinski definition) is 4. The van der Waals surface area contributed by atoms with Gasteiger partial charge >= 0.3 is 185 Å². The summed E-state index contributed by atoms with van der Waals surface area (Å²) >= 11 is -1.68. The maximum atomic E-state index is 9.61. The molecule has 0 aromatic heterocycles. The molecule has 0 aliphatic carbocycles. The third-order valence-corrected chi connectivity index (χ3v) is 27.0. The largest absolute Gasteiger partial charge is 0.390 e. The van der Waals surface area contributed by atoms with Gasteiger partial charge in [-0.1, -0.05) is 13.3 Å². The molecule has 0 aromatic carbocycles. The quantitative estimate of drug-likeness (QED) is 0.128. The Kier molecular flexibility index (Phi) is 29.9. The van der Waals surface area contributed by atoms with E-state index in [1.807, 2.05) is 0 Å². The zero-order valence-electron chi connectivity index (χ0n) is 28.9. The molecule has 4 nitrogen and oxygen atoms in total. The van der Waals surface area contributed by atoms with Gasteiger partial charge in [0.1, 0.15) is 6.10 Å². The molecule has 0 aromatic rings. The van der Waals surface area contributed by atoms with Gasteiger partial charge in [0, 0.05) is 12.8 Å². The first-order valence-electron chi connectivity index (χ1n) is 18.2. The van der Waals surface area contributed by atoms with E-state index in [2.05, 4.69) is 48.5 Å². The molecule has 0 saturated carbocycles. The molecule has 2 heterocycles. The van der Waals surface area contributed by atoms with Crippen molar-refractivity contribution in [2.75, 3.05) is 13.2 Å². The third kappa shape index (κ3) is 21.7. The predicted octanol–water partition coefficient (Wildman–Crippen LogP) is 10.4. The van der Waals surface area contributed by atoms with Crippen LogP contribution in [-0.2, 0) is 9.47 Å². The van der Waals surface area contributed by atoms with Gasteiger partial charge in [0.25, 0.3) is 0 Å². The standard InChI is InChI=1S/C11H20O4.6C4H9.2Sn/c1-2-8-3-4-11(14-6-8)5-9(12)10(13)7-15-11;6*1-3-4-2;;/h8-10,12-13H,2-7H2,1H3;6*1,3-4H2,2H3;;/t8-,9+,10-,11-;;;;;;;;/m1......../s1. The average Bonchev–Trinajstić information content (AvgIpc) is 2.99. The van der Waals surface area contributed by atoms with Crippen molar-refractivity contribution in [3.63, 3.8) is 0 Å². The molecule has 4 atom stereocenters. The number of ether oxygens (including phenoxy) is 2. The van der Waals surface area contributed by atoms with Crippen molar-refractivity contribution in [3.05, 3.63) is 0 Å². The maximum Gasteiger partial charge on any atom is 0.170 e. The second-order valence-electron chi connectivity index (χ2n) is 12.8. The normalized spacial score (nSPS) is 24.2. The summed E-state index contributed by atoms with van der Waals surface area (Å²) in [6.45, 7) is 17.0. The first kappa shape index (κ1) is 42.4. The van der Waals surface area contributed by atoms with Crippen LogP contribution in [0.2, 0.25) is 26.6 Å². The summed E-state index contributed by atoms with van der Waals surface area (Å²) in [7, 11) is 0. The zero-order valence-corrected chi connectivity index (χ0v) is 34.6. The van der Waals surface area contributed by atoms with Crippen molar-refractivity contribution < 1.29 is 19.7 Å². The summed E-state index contributed by atoms with van der Waals surface area (Å²) < 4.78 is 21.4. The first-order valence-corrected chi connectivity index (χ1v) is 30.3. The van der Waals surface area contributed by atoms with E-state index in [4.69, 9.17) is 9.47 Å². The Labute approximate surface area is 272 Å². The summed E-state index contributed by atoms with van der Waals surface area (Å²) in [6.07, 6.45) is 19.7. The van der Waals surface area contributed by atoms with Crippen LogP contribution in [-0.4, -0.2) is 80.9 Å². The van der Waals surface area contributed by atoms with Gasteiger partial charge < -0.3 is 19.7 Å². The smallest absolute Gasteiger partial charge is 0.170 e. The van der Waals surface area contributed by atoms with Crippen molar-refractivity contribution in [2.45, 2.75) is 196 Å². The van der Waals surface area contributed by atoms with Crippen molar-refractivity contribution in [1.29, 1.82) is 0 Å². The summed E-state index contributed by atoms with van der Waals surface area (Å²) in [5, 5.41) is 19.0. The second kappa shape index (κ2) is 28.9. The van der Waals surface area contributed by atoms with Gasteiger partial charge in [-0.2, -0.15) is 0 Å². The maximum absolute atomic E-state index is 9.61. The molecule has 2 aliphatic heterocycles. The van der Waals surface area contributed by atoms with Crippen LogP contribution in [0.3, 0.4) is 0 Å². The van der Waals surface area contributed by atoms with Crippen LogP contribution in [0.25, 0.3) is 0 Å². The van der Waals surface area contributed by atoms with E-state index in [0.717, 1.165) is 19.3 Å². The van der Waals surface area contributed by atoms with Crippen LogP contribution in [0.15, 0.2) is 0 Å². The van der Waals surface area contributed by atoms with Gasteiger partial charge in [-0.05, 0) is 12.3 Å². The molecular weight excluding hydrogens is 722 g/mol. The Bertz CT molecular complexity index is 480. The SMILES string of the molecule is CCC[CH2][Sn]([CH2]CCC)[CH2]CCC.CCC[CH2][Sn]([CH2]CCC)[CH2]CCC.CC[C@@H]1CC[C@@]2(C[C@H](O)[C@H](O)CO2)OC1. The zero-order chi connectivity index (χ0) is 30.8. The van der Waals surface area contributed by atoms with E-state index < -0.39 is 57.5 Å². The Balaban J connectivity index is 0.000000589. The third-order valence-electron chi connectivity index (χ3n) is 8.88. The molecule has 2 N–H and O–H groups in total. The predicted molar refractivity (Wildman–Crippen MR) is 184 cm³/mol. The number of hydrogen-bond donors (Lipinski definition) is 2. The van der Waals surface area contributed by atoms with Crippen molar-refractivity contribution >= 4 is 39.5 Å². The van der Waals surface area contributed by atoms with Crippen LogP contribution in [0.4, 0.5) is 0 Å². The molecule has 41 heavy (non-hydrogen) atoms. The molecule has 2 aliphatic rings. The van der Waals surface area contributed by atoms with Gasteiger partial charge in [0.05, 0.1) is 19.3 Å². The monoisotopic (exact) mass is 798 g/mol. The number of rotatable bonds is 19. The van der Waals surface area contributed by atoms with Crippen LogP contribution >= 0.6 is 0 Å². The minimum Gasteiger partial charge on any atom is -0.390 e. The summed E-state index contributed by atoms with van der Waals surface area (Å²) in [5.41, 5.74) is 0. The van der Waals surface area contributed by atoms with E-state index in [1.54, 1.807) is 26.6 Å². The van der Waals surface area contributed by atoms with Gasteiger partial charge in [-0.25, -0.2) is 0 Å². The van der Waals surface area contributed by atoms with Gasteiger partial charge in [0.2, 0.25) is 0 Å². The minimum absolute atomic E-state index is 0.179. The minimum atomic E-state index is -0.839. The van der Waals surface area contributed by atoms with Gasteiger partial charge in [0.15, 0.2) is 5.79 Å². The Hall–Kier alpha value is 1.44. The van der Waals surface area contributed by atoms with Crippen LogP contribution in [0.1, 0.15) is 151 Å². The molecular formula is C35H74O4Sn2. The first-order chi connectivity index (χ1) is 19.8. The molecule has 2 fully saturated rings. The Morgan fingerprint density at radius 2 is 0.927 bits per heavy atom. The van der Waals surface area contributed by atoms with Gasteiger partial charge in [-0.15, -0.1) is 0 Å². The van der Waals surface area contributed by atoms with E-state index in [-0.39, 0.29) is 6.61 Å². The summed E-state index contributed by atoms with van der Waals surface area (Å²) in [4.78, 5) is 0.